The summed E-state index contributed by atoms with van der Waals surface area (Å²) < 4.78 is 45.7. The maximum Gasteiger partial charge on any atom is 0.419 e. The van der Waals surface area contributed by atoms with Gasteiger partial charge >= 0.3 is 6.18 Å². The highest BCUT2D eigenvalue weighted by molar-refractivity contribution is 5.92. The molecule has 1 fully saturated rings. The Balaban J connectivity index is 1.49. The third-order valence-electron chi connectivity index (χ3n) is 4.32. The number of benzene rings is 1. The average Bonchev–Trinajstić information content (AvgIpc) is 3.16. The number of para-hydroxylation sites is 1. The molecule has 0 aliphatic carbocycles. The Bertz CT molecular complexity index is 770. The van der Waals surface area contributed by atoms with Crippen molar-refractivity contribution in [2.24, 2.45) is 0 Å². The zero-order valence-corrected chi connectivity index (χ0v) is 14.6. The van der Waals surface area contributed by atoms with Gasteiger partial charge < -0.3 is 15.4 Å². The highest BCUT2D eigenvalue weighted by atomic mass is 19.4. The lowest BCUT2D eigenvalue weighted by Gasteiger charge is -2.22. The van der Waals surface area contributed by atoms with E-state index in [-0.39, 0.29) is 36.5 Å². The number of carbonyl (C=O) groups is 1. The van der Waals surface area contributed by atoms with Gasteiger partial charge in [-0.25, -0.2) is 0 Å². The van der Waals surface area contributed by atoms with E-state index in [1.54, 1.807) is 16.9 Å². The highest BCUT2D eigenvalue weighted by Gasteiger charge is 2.33. The van der Waals surface area contributed by atoms with Crippen LogP contribution in [0.5, 0.6) is 5.75 Å². The van der Waals surface area contributed by atoms with Crippen LogP contribution in [0.2, 0.25) is 0 Å². The molecule has 0 spiro atoms. The van der Waals surface area contributed by atoms with E-state index in [2.05, 4.69) is 15.7 Å². The van der Waals surface area contributed by atoms with Crippen LogP contribution in [0.4, 0.5) is 13.2 Å². The van der Waals surface area contributed by atoms with E-state index < -0.39 is 11.7 Å². The summed E-state index contributed by atoms with van der Waals surface area (Å²) in [6.07, 6.45) is -0.658. The van der Waals surface area contributed by atoms with E-state index in [1.807, 2.05) is 0 Å². The minimum atomic E-state index is -4.49. The quantitative estimate of drug-likeness (QED) is 0.754. The number of alkyl halides is 3. The van der Waals surface area contributed by atoms with Gasteiger partial charge in [0.25, 0.3) is 5.91 Å². The average molecular weight is 382 g/mol. The maximum atomic E-state index is 12.9. The zero-order valence-electron chi connectivity index (χ0n) is 14.6. The molecule has 2 heterocycles. The molecular weight excluding hydrogens is 361 g/mol. The first-order chi connectivity index (χ1) is 12.9. The SMILES string of the molecule is O=C(NCCOc1ccccc1C(F)(F)F)c1ccn(C2CCCNC2)n1. The van der Waals surface area contributed by atoms with Crippen molar-refractivity contribution in [1.82, 2.24) is 20.4 Å². The molecule has 0 saturated carbocycles. The van der Waals surface area contributed by atoms with Crippen LogP contribution in [0, 0.1) is 0 Å². The van der Waals surface area contributed by atoms with Crippen molar-refractivity contribution in [3.63, 3.8) is 0 Å². The maximum absolute atomic E-state index is 12.9. The van der Waals surface area contributed by atoms with Crippen molar-refractivity contribution < 1.29 is 22.7 Å². The molecule has 2 N–H and O–H groups in total. The van der Waals surface area contributed by atoms with Crippen LogP contribution in [0.25, 0.3) is 0 Å². The van der Waals surface area contributed by atoms with Crippen molar-refractivity contribution in [3.05, 3.63) is 47.8 Å². The first-order valence-corrected chi connectivity index (χ1v) is 8.78. The van der Waals surface area contributed by atoms with Crippen LogP contribution in [-0.4, -0.2) is 41.9 Å². The van der Waals surface area contributed by atoms with Gasteiger partial charge in [-0.2, -0.15) is 18.3 Å². The van der Waals surface area contributed by atoms with E-state index in [1.165, 1.54) is 18.2 Å². The zero-order chi connectivity index (χ0) is 19.3. The fourth-order valence-corrected chi connectivity index (χ4v) is 2.96. The third kappa shape index (κ3) is 5.00. The first-order valence-electron chi connectivity index (χ1n) is 8.78. The number of nitrogens with zero attached hydrogens (tertiary/aromatic N) is 2. The number of amides is 1. The van der Waals surface area contributed by atoms with Crippen molar-refractivity contribution in [1.29, 1.82) is 0 Å². The molecule has 9 heteroatoms. The Morgan fingerprint density at radius 2 is 2.15 bits per heavy atom. The lowest BCUT2D eigenvalue weighted by atomic mass is 10.1. The Morgan fingerprint density at radius 1 is 1.33 bits per heavy atom. The molecule has 1 aromatic carbocycles. The first kappa shape index (κ1) is 19.2. The fraction of sp³-hybridized carbons (Fsp3) is 0.444. The molecule has 27 heavy (non-hydrogen) atoms. The van der Waals surface area contributed by atoms with Gasteiger partial charge in [0.15, 0.2) is 0 Å². The molecule has 6 nitrogen and oxygen atoms in total. The van der Waals surface area contributed by atoms with Crippen LogP contribution in [0.1, 0.15) is 34.9 Å². The number of carbonyl (C=O) groups excluding carboxylic acids is 1. The summed E-state index contributed by atoms with van der Waals surface area (Å²) >= 11 is 0. The van der Waals surface area contributed by atoms with E-state index in [4.69, 9.17) is 4.74 Å². The van der Waals surface area contributed by atoms with E-state index in [0.717, 1.165) is 32.0 Å². The lowest BCUT2D eigenvalue weighted by Crippen LogP contribution is -2.32. The van der Waals surface area contributed by atoms with Crippen molar-refractivity contribution in [2.75, 3.05) is 26.2 Å². The van der Waals surface area contributed by atoms with Gasteiger partial charge in [-0.05, 0) is 37.6 Å². The molecule has 3 rings (SSSR count). The predicted octanol–water partition coefficient (Wildman–Crippen LogP) is 2.64. The summed E-state index contributed by atoms with van der Waals surface area (Å²) in [7, 11) is 0. The Labute approximate surface area is 154 Å². The van der Waals surface area contributed by atoms with E-state index >= 15 is 0 Å². The molecule has 1 amide bonds. The molecule has 1 unspecified atom stereocenters. The van der Waals surface area contributed by atoms with Gasteiger partial charge in [0.05, 0.1) is 18.2 Å². The monoisotopic (exact) mass is 382 g/mol. The third-order valence-corrected chi connectivity index (χ3v) is 4.32. The van der Waals surface area contributed by atoms with E-state index in [9.17, 15) is 18.0 Å². The van der Waals surface area contributed by atoms with Gasteiger partial charge in [-0.3, -0.25) is 9.48 Å². The number of rotatable bonds is 6. The van der Waals surface area contributed by atoms with Crippen molar-refractivity contribution >= 4 is 5.91 Å². The topological polar surface area (TPSA) is 68.2 Å². The summed E-state index contributed by atoms with van der Waals surface area (Å²) in [5, 5.41) is 10.2. The smallest absolute Gasteiger partial charge is 0.419 e. The summed E-state index contributed by atoms with van der Waals surface area (Å²) in [5.74, 6) is -0.640. The number of hydrogen-bond donors (Lipinski definition) is 2. The summed E-state index contributed by atoms with van der Waals surface area (Å²) in [6, 6.07) is 6.84. The van der Waals surface area contributed by atoms with Crippen molar-refractivity contribution in [2.45, 2.75) is 25.1 Å². The van der Waals surface area contributed by atoms with Crippen LogP contribution >= 0.6 is 0 Å². The summed E-state index contributed by atoms with van der Waals surface area (Å²) in [5.41, 5.74) is -0.563. The lowest BCUT2D eigenvalue weighted by molar-refractivity contribution is -0.138. The van der Waals surface area contributed by atoms with Crippen LogP contribution in [0.15, 0.2) is 36.5 Å². The Morgan fingerprint density at radius 3 is 2.89 bits per heavy atom. The number of halogens is 3. The van der Waals surface area contributed by atoms with Gasteiger partial charge in [0, 0.05) is 12.7 Å². The van der Waals surface area contributed by atoms with Gasteiger partial charge in [0.2, 0.25) is 0 Å². The second kappa shape index (κ2) is 8.43. The molecule has 146 valence electrons. The molecule has 1 aliphatic heterocycles. The van der Waals surface area contributed by atoms with Gasteiger partial charge in [0.1, 0.15) is 18.1 Å². The molecule has 0 radical (unpaired) electrons. The van der Waals surface area contributed by atoms with Crippen LogP contribution in [0.3, 0.4) is 0 Å². The normalized spacial score (nSPS) is 17.5. The summed E-state index contributed by atoms with van der Waals surface area (Å²) in [6.45, 7) is 1.80. The van der Waals surface area contributed by atoms with Crippen LogP contribution in [-0.2, 0) is 6.18 Å². The number of aromatic nitrogens is 2. The van der Waals surface area contributed by atoms with E-state index in [0.29, 0.717) is 0 Å². The Hall–Kier alpha value is -2.55. The predicted molar refractivity (Wildman–Crippen MR) is 92.6 cm³/mol. The molecular formula is C18H21F3N4O2. The second-order valence-electron chi connectivity index (χ2n) is 6.28. The van der Waals surface area contributed by atoms with Crippen LogP contribution < -0.4 is 15.4 Å². The van der Waals surface area contributed by atoms with Gasteiger partial charge in [-0.15, -0.1) is 0 Å². The highest BCUT2D eigenvalue weighted by Crippen LogP contribution is 2.35. The number of nitrogens with one attached hydrogen (secondary N) is 2. The molecule has 1 aromatic heterocycles. The number of ether oxygens (including phenoxy) is 1. The largest absolute Gasteiger partial charge is 0.491 e. The fourth-order valence-electron chi connectivity index (χ4n) is 2.96. The molecule has 0 bridgehead atoms. The minimum absolute atomic E-state index is 0.0723. The summed E-state index contributed by atoms with van der Waals surface area (Å²) in [4.78, 5) is 12.1. The number of piperidine rings is 1. The molecule has 1 saturated heterocycles. The molecule has 2 aromatic rings. The van der Waals surface area contributed by atoms with Gasteiger partial charge in [-0.1, -0.05) is 12.1 Å². The molecule has 1 aliphatic rings. The molecule has 1 atom stereocenters. The number of hydrogen-bond acceptors (Lipinski definition) is 4. The van der Waals surface area contributed by atoms with Crippen molar-refractivity contribution in [3.8, 4) is 5.75 Å². The minimum Gasteiger partial charge on any atom is -0.491 e. The Kier molecular flexibility index (Phi) is 6.00. The second-order valence-corrected chi connectivity index (χ2v) is 6.28. The standard InChI is InChI=1S/C18H21F3N4O2/c19-18(20,21)14-5-1-2-6-16(14)27-11-9-23-17(26)15-7-10-25(24-15)13-4-3-8-22-12-13/h1-2,5-7,10,13,22H,3-4,8-9,11-12H2,(H,23,26).